The number of nitrogens with zero attached hydrogens (tertiary/aromatic N) is 3. The van der Waals surface area contributed by atoms with E-state index >= 15 is 0 Å². The van der Waals surface area contributed by atoms with E-state index in [1.807, 2.05) is 36.7 Å². The van der Waals surface area contributed by atoms with Gasteiger partial charge in [-0.1, -0.05) is 18.2 Å². The number of hydrogen-bond donors (Lipinski definition) is 0. The Morgan fingerprint density at radius 1 is 1.05 bits per heavy atom. The lowest BCUT2D eigenvalue weighted by Crippen LogP contribution is -1.83. The molecule has 0 saturated heterocycles. The summed E-state index contributed by atoms with van der Waals surface area (Å²) in [5.41, 5.74) is 4.15. The molecule has 19 heavy (non-hydrogen) atoms. The van der Waals surface area contributed by atoms with Crippen LogP contribution >= 0.6 is 11.3 Å². The van der Waals surface area contributed by atoms with Crippen LogP contribution in [0, 0.1) is 6.92 Å². The van der Waals surface area contributed by atoms with Gasteiger partial charge < -0.3 is 4.40 Å². The van der Waals surface area contributed by atoms with Gasteiger partial charge in [0, 0.05) is 12.4 Å². The summed E-state index contributed by atoms with van der Waals surface area (Å²) in [6.45, 7) is 2.07. The smallest absolute Gasteiger partial charge is 0.144 e. The Kier molecular flexibility index (Phi) is 2.19. The quantitative estimate of drug-likeness (QED) is 0.522. The second kappa shape index (κ2) is 3.90. The van der Waals surface area contributed by atoms with Crippen LogP contribution in [0.15, 0.2) is 48.8 Å². The number of imidazole rings is 1. The largest absolute Gasteiger partial charge is 0.306 e. The van der Waals surface area contributed by atoms with Gasteiger partial charge in [-0.3, -0.25) is 0 Å². The predicted octanol–water partition coefficient (Wildman–Crippen LogP) is 3.92. The van der Waals surface area contributed by atoms with Gasteiger partial charge in [0.2, 0.25) is 0 Å². The SMILES string of the molecule is Cc1cccn2cc(-c3nc4ccccc4s3)nc12. The van der Waals surface area contributed by atoms with Crippen LogP contribution in [0.3, 0.4) is 0 Å². The molecule has 0 saturated carbocycles. The molecule has 0 amide bonds. The third-order valence-corrected chi connectivity index (χ3v) is 4.25. The summed E-state index contributed by atoms with van der Waals surface area (Å²) >= 11 is 1.68. The summed E-state index contributed by atoms with van der Waals surface area (Å²) in [6.07, 6.45) is 4.06. The van der Waals surface area contributed by atoms with Crippen LogP contribution in [0.4, 0.5) is 0 Å². The van der Waals surface area contributed by atoms with Crippen molar-refractivity contribution >= 4 is 27.2 Å². The fourth-order valence-corrected chi connectivity index (χ4v) is 3.16. The van der Waals surface area contributed by atoms with Gasteiger partial charge in [-0.25, -0.2) is 9.97 Å². The van der Waals surface area contributed by atoms with Crippen LogP contribution in [0.2, 0.25) is 0 Å². The normalized spacial score (nSPS) is 11.4. The molecule has 0 unspecified atom stereocenters. The molecular formula is C15H11N3S. The molecule has 0 aliphatic heterocycles. The zero-order chi connectivity index (χ0) is 12.8. The summed E-state index contributed by atoms with van der Waals surface area (Å²) < 4.78 is 3.25. The number of hydrogen-bond acceptors (Lipinski definition) is 3. The summed E-state index contributed by atoms with van der Waals surface area (Å²) in [6, 6.07) is 12.3. The lowest BCUT2D eigenvalue weighted by molar-refractivity contribution is 1.16. The molecule has 3 heterocycles. The topological polar surface area (TPSA) is 30.2 Å². The highest BCUT2D eigenvalue weighted by molar-refractivity contribution is 7.21. The van der Waals surface area contributed by atoms with Gasteiger partial charge in [-0.2, -0.15) is 0 Å². The number of pyridine rings is 1. The zero-order valence-electron chi connectivity index (χ0n) is 10.4. The van der Waals surface area contributed by atoms with Crippen molar-refractivity contribution in [2.75, 3.05) is 0 Å². The number of rotatable bonds is 1. The second-order valence-corrected chi connectivity index (χ2v) is 5.57. The summed E-state index contributed by atoms with van der Waals surface area (Å²) in [5, 5.41) is 0.976. The summed E-state index contributed by atoms with van der Waals surface area (Å²) in [7, 11) is 0. The number of thiazole rings is 1. The standard InChI is InChI=1S/C15H11N3S/c1-10-5-4-8-18-9-12(16-14(10)18)15-17-11-6-2-3-7-13(11)19-15/h2-9H,1H3. The molecule has 0 radical (unpaired) electrons. The first-order chi connectivity index (χ1) is 9.31. The minimum Gasteiger partial charge on any atom is -0.306 e. The van der Waals surface area contributed by atoms with Gasteiger partial charge in [-0.05, 0) is 30.7 Å². The van der Waals surface area contributed by atoms with Crippen LogP contribution in [-0.2, 0) is 0 Å². The molecule has 0 fully saturated rings. The minimum atomic E-state index is 0.940. The predicted molar refractivity (Wildman–Crippen MR) is 78.5 cm³/mol. The van der Waals surface area contributed by atoms with Crippen LogP contribution in [0.5, 0.6) is 0 Å². The van der Waals surface area contributed by atoms with Crippen molar-refractivity contribution in [3.8, 4) is 10.7 Å². The first-order valence-corrected chi connectivity index (χ1v) is 6.93. The number of benzene rings is 1. The number of para-hydroxylation sites is 1. The van der Waals surface area contributed by atoms with E-state index in [9.17, 15) is 0 Å². The molecule has 3 nitrogen and oxygen atoms in total. The average molecular weight is 265 g/mol. The Morgan fingerprint density at radius 3 is 2.79 bits per heavy atom. The van der Waals surface area contributed by atoms with Crippen LogP contribution in [-0.4, -0.2) is 14.4 Å². The van der Waals surface area contributed by atoms with E-state index in [0.29, 0.717) is 0 Å². The van der Waals surface area contributed by atoms with E-state index in [1.54, 1.807) is 11.3 Å². The van der Waals surface area contributed by atoms with E-state index in [1.165, 1.54) is 10.3 Å². The van der Waals surface area contributed by atoms with Crippen molar-refractivity contribution in [1.29, 1.82) is 0 Å². The highest BCUT2D eigenvalue weighted by atomic mass is 32.1. The molecule has 3 aromatic heterocycles. The molecule has 0 aliphatic carbocycles. The summed E-state index contributed by atoms with van der Waals surface area (Å²) in [4.78, 5) is 9.34. The fraction of sp³-hybridized carbons (Fsp3) is 0.0667. The Morgan fingerprint density at radius 2 is 1.95 bits per heavy atom. The van der Waals surface area contributed by atoms with Crippen molar-refractivity contribution in [3.05, 3.63) is 54.4 Å². The number of fused-ring (bicyclic) bond motifs is 2. The first-order valence-electron chi connectivity index (χ1n) is 6.11. The van der Waals surface area contributed by atoms with Crippen LogP contribution < -0.4 is 0 Å². The molecule has 0 aliphatic rings. The molecule has 0 atom stereocenters. The third kappa shape index (κ3) is 1.64. The lowest BCUT2D eigenvalue weighted by atomic mass is 10.3. The van der Waals surface area contributed by atoms with Gasteiger partial charge in [-0.15, -0.1) is 11.3 Å². The van der Waals surface area contributed by atoms with Gasteiger partial charge in [0.25, 0.3) is 0 Å². The zero-order valence-corrected chi connectivity index (χ0v) is 11.2. The van der Waals surface area contributed by atoms with E-state index in [-0.39, 0.29) is 0 Å². The average Bonchev–Trinajstić information content (AvgIpc) is 3.02. The second-order valence-electron chi connectivity index (χ2n) is 4.53. The molecule has 4 rings (SSSR count). The van der Waals surface area contributed by atoms with Crippen LogP contribution in [0.1, 0.15) is 5.56 Å². The van der Waals surface area contributed by atoms with Gasteiger partial charge in [0.15, 0.2) is 0 Å². The van der Waals surface area contributed by atoms with Gasteiger partial charge >= 0.3 is 0 Å². The van der Waals surface area contributed by atoms with Gasteiger partial charge in [0.1, 0.15) is 16.3 Å². The monoisotopic (exact) mass is 265 g/mol. The Bertz CT molecular complexity index is 856. The van der Waals surface area contributed by atoms with E-state index < -0.39 is 0 Å². The van der Waals surface area contributed by atoms with E-state index in [2.05, 4.69) is 33.4 Å². The first kappa shape index (κ1) is 10.7. The molecule has 92 valence electrons. The lowest BCUT2D eigenvalue weighted by Gasteiger charge is -1.93. The molecule has 1 aromatic carbocycles. The Labute approximate surface area is 114 Å². The van der Waals surface area contributed by atoms with Gasteiger partial charge in [0.05, 0.1) is 10.2 Å². The molecule has 0 N–H and O–H groups in total. The highest BCUT2D eigenvalue weighted by Gasteiger charge is 2.10. The maximum Gasteiger partial charge on any atom is 0.144 e. The Balaban J connectivity index is 1.96. The van der Waals surface area contributed by atoms with Crippen molar-refractivity contribution in [3.63, 3.8) is 0 Å². The van der Waals surface area contributed by atoms with Crippen molar-refractivity contribution in [1.82, 2.24) is 14.4 Å². The van der Waals surface area contributed by atoms with Crippen molar-refractivity contribution < 1.29 is 0 Å². The minimum absolute atomic E-state index is 0.940. The van der Waals surface area contributed by atoms with Crippen LogP contribution in [0.25, 0.3) is 26.6 Å². The third-order valence-electron chi connectivity index (χ3n) is 3.19. The summed E-state index contributed by atoms with van der Waals surface area (Å²) in [5.74, 6) is 0. The molecule has 0 spiro atoms. The van der Waals surface area contributed by atoms with E-state index in [4.69, 9.17) is 0 Å². The fourth-order valence-electron chi connectivity index (χ4n) is 2.24. The molecule has 0 bridgehead atoms. The van der Waals surface area contributed by atoms with E-state index in [0.717, 1.165) is 21.9 Å². The molecular weight excluding hydrogens is 254 g/mol. The highest BCUT2D eigenvalue weighted by Crippen LogP contribution is 2.29. The molecule has 4 heteroatoms. The maximum absolute atomic E-state index is 4.69. The Hall–Kier alpha value is -2.20. The number of aryl methyl sites for hydroxylation is 1. The van der Waals surface area contributed by atoms with Crippen molar-refractivity contribution in [2.24, 2.45) is 0 Å². The van der Waals surface area contributed by atoms with Crippen molar-refractivity contribution in [2.45, 2.75) is 6.92 Å². The number of aromatic nitrogens is 3. The molecule has 4 aromatic rings. The maximum atomic E-state index is 4.69.